The molecular formula is C14H13BrF2N2O. The number of aromatic nitrogens is 2. The summed E-state index contributed by atoms with van der Waals surface area (Å²) in [5.74, 6) is -2.40. The molecule has 0 N–H and O–H groups in total. The molecule has 3 nitrogen and oxygen atoms in total. The number of hydrogen-bond donors (Lipinski definition) is 0. The van der Waals surface area contributed by atoms with E-state index in [2.05, 4.69) is 21.0 Å². The van der Waals surface area contributed by atoms with Crippen molar-refractivity contribution < 1.29 is 13.6 Å². The highest BCUT2D eigenvalue weighted by molar-refractivity contribution is 9.10. The first-order valence-electron chi connectivity index (χ1n) is 6.18. The van der Waals surface area contributed by atoms with Crippen molar-refractivity contribution in [2.24, 2.45) is 0 Å². The lowest BCUT2D eigenvalue weighted by atomic mass is 10.0. The van der Waals surface area contributed by atoms with Crippen LogP contribution in [0, 0.1) is 18.6 Å². The van der Waals surface area contributed by atoms with Gasteiger partial charge in [0.25, 0.3) is 0 Å². The molecule has 0 amide bonds. The second-order valence-corrected chi connectivity index (χ2v) is 5.30. The Morgan fingerprint density at radius 1 is 1.40 bits per heavy atom. The van der Waals surface area contributed by atoms with E-state index >= 15 is 0 Å². The van der Waals surface area contributed by atoms with E-state index in [1.54, 1.807) is 0 Å². The van der Waals surface area contributed by atoms with Crippen LogP contribution < -0.4 is 0 Å². The Morgan fingerprint density at radius 3 is 2.75 bits per heavy atom. The first-order chi connectivity index (χ1) is 9.47. The van der Waals surface area contributed by atoms with E-state index in [1.165, 1.54) is 23.9 Å². The Morgan fingerprint density at radius 2 is 2.10 bits per heavy atom. The molecule has 0 saturated carbocycles. The Hall–Kier alpha value is -1.56. The van der Waals surface area contributed by atoms with Crippen molar-refractivity contribution >= 4 is 21.7 Å². The van der Waals surface area contributed by atoms with E-state index in [0.29, 0.717) is 11.0 Å². The fourth-order valence-electron chi connectivity index (χ4n) is 1.95. The Bertz CT molecular complexity index is 667. The Kier molecular flexibility index (Phi) is 4.32. The topological polar surface area (TPSA) is 34.9 Å². The number of carbonyl (C=O) groups excluding carboxylic acids is 1. The maximum Gasteiger partial charge on any atom is 0.218 e. The SMILES string of the molecule is CCCn1ncc(Br)c1C(=O)c1c(F)ccc(C)c1F. The van der Waals surface area contributed by atoms with Gasteiger partial charge in [-0.25, -0.2) is 8.78 Å². The van der Waals surface area contributed by atoms with E-state index in [4.69, 9.17) is 0 Å². The molecule has 0 fully saturated rings. The maximum absolute atomic E-state index is 14.0. The minimum absolute atomic E-state index is 0.162. The number of aryl methyl sites for hydroxylation is 2. The van der Waals surface area contributed by atoms with Gasteiger partial charge in [0, 0.05) is 6.54 Å². The molecule has 0 atom stereocenters. The second-order valence-electron chi connectivity index (χ2n) is 4.45. The molecule has 1 heterocycles. The fourth-order valence-corrected chi connectivity index (χ4v) is 2.43. The molecule has 0 spiro atoms. The normalized spacial score (nSPS) is 10.8. The summed E-state index contributed by atoms with van der Waals surface area (Å²) in [6.07, 6.45) is 2.21. The molecule has 1 aromatic heterocycles. The quantitative estimate of drug-likeness (QED) is 0.790. The first kappa shape index (κ1) is 14.8. The van der Waals surface area contributed by atoms with E-state index in [0.717, 1.165) is 12.5 Å². The van der Waals surface area contributed by atoms with Crippen LogP contribution in [0.15, 0.2) is 22.8 Å². The lowest BCUT2D eigenvalue weighted by molar-refractivity contribution is 0.102. The van der Waals surface area contributed by atoms with Crippen molar-refractivity contribution in [3.8, 4) is 0 Å². The zero-order chi connectivity index (χ0) is 14.9. The number of halogens is 3. The minimum Gasteiger partial charge on any atom is -0.287 e. The predicted octanol–water partition coefficient (Wildman–Crippen LogP) is 3.87. The summed E-state index contributed by atoms with van der Waals surface area (Å²) in [6.45, 7) is 3.92. The molecular weight excluding hydrogens is 330 g/mol. The number of benzene rings is 1. The average molecular weight is 343 g/mol. The van der Waals surface area contributed by atoms with Gasteiger partial charge in [-0.15, -0.1) is 0 Å². The average Bonchev–Trinajstić information content (AvgIpc) is 2.76. The van der Waals surface area contributed by atoms with Crippen LogP contribution in [0.5, 0.6) is 0 Å². The van der Waals surface area contributed by atoms with Gasteiger partial charge in [-0.1, -0.05) is 13.0 Å². The Balaban J connectivity index is 2.58. The summed E-state index contributed by atoms with van der Waals surface area (Å²) in [6, 6.07) is 2.40. The van der Waals surface area contributed by atoms with Gasteiger partial charge in [0.2, 0.25) is 5.78 Å². The lowest BCUT2D eigenvalue weighted by Gasteiger charge is -2.09. The molecule has 0 aliphatic carbocycles. The van der Waals surface area contributed by atoms with Crippen LogP contribution in [0.2, 0.25) is 0 Å². The number of carbonyl (C=O) groups is 1. The monoisotopic (exact) mass is 342 g/mol. The smallest absolute Gasteiger partial charge is 0.218 e. The van der Waals surface area contributed by atoms with Crippen LogP contribution >= 0.6 is 15.9 Å². The molecule has 0 saturated heterocycles. The minimum atomic E-state index is -0.866. The second kappa shape index (κ2) is 5.83. The van der Waals surface area contributed by atoms with Gasteiger partial charge in [0.1, 0.15) is 17.3 Å². The van der Waals surface area contributed by atoms with Crippen molar-refractivity contribution in [3.05, 3.63) is 51.3 Å². The fraction of sp³-hybridized carbons (Fsp3) is 0.286. The molecule has 0 radical (unpaired) electrons. The number of nitrogens with zero attached hydrogens (tertiary/aromatic N) is 2. The molecule has 1 aromatic carbocycles. The van der Waals surface area contributed by atoms with Gasteiger partial charge in [-0.3, -0.25) is 9.48 Å². The van der Waals surface area contributed by atoms with Crippen LogP contribution in [0.1, 0.15) is 35.0 Å². The molecule has 2 aromatic rings. The lowest BCUT2D eigenvalue weighted by Crippen LogP contribution is -2.15. The van der Waals surface area contributed by atoms with Crippen LogP contribution in [0.4, 0.5) is 8.78 Å². The van der Waals surface area contributed by atoms with Crippen LogP contribution in [0.3, 0.4) is 0 Å². The summed E-state index contributed by atoms with van der Waals surface area (Å²) in [4.78, 5) is 12.4. The number of ketones is 1. The Labute approximate surface area is 123 Å². The van der Waals surface area contributed by atoms with Gasteiger partial charge < -0.3 is 0 Å². The predicted molar refractivity (Wildman–Crippen MR) is 74.7 cm³/mol. The van der Waals surface area contributed by atoms with Crippen LogP contribution in [-0.2, 0) is 6.54 Å². The standard InChI is InChI=1S/C14H13BrF2N2O/c1-3-6-19-13(9(15)7-18-19)14(20)11-10(16)5-4-8(2)12(11)17/h4-5,7H,3,6H2,1-2H3. The molecule has 0 bridgehead atoms. The van der Waals surface area contributed by atoms with Gasteiger partial charge in [0.15, 0.2) is 0 Å². The molecule has 106 valence electrons. The molecule has 0 aliphatic rings. The van der Waals surface area contributed by atoms with Crippen molar-refractivity contribution in [1.29, 1.82) is 0 Å². The van der Waals surface area contributed by atoms with Gasteiger partial charge >= 0.3 is 0 Å². The summed E-state index contributed by atoms with van der Waals surface area (Å²) in [7, 11) is 0. The highest BCUT2D eigenvalue weighted by Gasteiger charge is 2.25. The number of hydrogen-bond acceptors (Lipinski definition) is 2. The first-order valence-corrected chi connectivity index (χ1v) is 6.97. The third-order valence-corrected chi connectivity index (χ3v) is 3.54. The number of rotatable bonds is 4. The van der Waals surface area contributed by atoms with Crippen molar-refractivity contribution in [2.75, 3.05) is 0 Å². The van der Waals surface area contributed by atoms with Gasteiger partial charge in [-0.05, 0) is 40.9 Å². The molecule has 20 heavy (non-hydrogen) atoms. The summed E-state index contributed by atoms with van der Waals surface area (Å²) >= 11 is 3.20. The van der Waals surface area contributed by atoms with E-state index < -0.39 is 23.0 Å². The largest absolute Gasteiger partial charge is 0.287 e. The summed E-state index contributed by atoms with van der Waals surface area (Å²) in [5, 5.41) is 4.04. The van der Waals surface area contributed by atoms with Crippen LogP contribution in [0.25, 0.3) is 0 Å². The third-order valence-electron chi connectivity index (χ3n) is 2.96. The zero-order valence-electron chi connectivity index (χ0n) is 11.1. The van der Waals surface area contributed by atoms with Gasteiger partial charge in [0.05, 0.1) is 16.2 Å². The molecule has 0 aliphatic heterocycles. The molecule has 6 heteroatoms. The van der Waals surface area contributed by atoms with Crippen molar-refractivity contribution in [1.82, 2.24) is 9.78 Å². The van der Waals surface area contributed by atoms with Crippen molar-refractivity contribution in [2.45, 2.75) is 26.8 Å². The summed E-state index contributed by atoms with van der Waals surface area (Å²) in [5.41, 5.74) is -0.147. The molecule has 2 rings (SSSR count). The van der Waals surface area contributed by atoms with Crippen molar-refractivity contribution in [3.63, 3.8) is 0 Å². The maximum atomic E-state index is 14.0. The molecule has 0 unspecified atom stereocenters. The highest BCUT2D eigenvalue weighted by Crippen LogP contribution is 2.24. The van der Waals surface area contributed by atoms with E-state index in [-0.39, 0.29) is 11.3 Å². The van der Waals surface area contributed by atoms with E-state index in [9.17, 15) is 13.6 Å². The highest BCUT2D eigenvalue weighted by atomic mass is 79.9. The summed E-state index contributed by atoms with van der Waals surface area (Å²) < 4.78 is 29.7. The zero-order valence-corrected chi connectivity index (χ0v) is 12.7. The third kappa shape index (κ3) is 2.52. The van der Waals surface area contributed by atoms with Gasteiger partial charge in [-0.2, -0.15) is 5.10 Å². The van der Waals surface area contributed by atoms with Crippen LogP contribution in [-0.4, -0.2) is 15.6 Å². The van der Waals surface area contributed by atoms with E-state index in [1.807, 2.05) is 6.92 Å².